The van der Waals surface area contributed by atoms with Crippen molar-refractivity contribution >= 4 is 35.5 Å². The van der Waals surface area contributed by atoms with Crippen LogP contribution in [-0.2, 0) is 19.2 Å². The summed E-state index contributed by atoms with van der Waals surface area (Å²) < 4.78 is 0. The first-order valence-corrected chi connectivity index (χ1v) is 9.49. The molecule has 3 amide bonds. The van der Waals surface area contributed by atoms with Gasteiger partial charge < -0.3 is 31.9 Å². The molecule has 0 rings (SSSR count). The van der Waals surface area contributed by atoms with Crippen molar-refractivity contribution in [1.82, 2.24) is 16.0 Å². The van der Waals surface area contributed by atoms with Gasteiger partial charge in [0.15, 0.2) is 0 Å². The molecule has 0 aromatic carbocycles. The normalized spacial score (nSPS) is 14.2. The Labute approximate surface area is 156 Å². The lowest BCUT2D eigenvalue weighted by Crippen LogP contribution is -2.55. The zero-order valence-corrected chi connectivity index (χ0v) is 16.0. The van der Waals surface area contributed by atoms with E-state index in [2.05, 4.69) is 16.0 Å². The highest BCUT2D eigenvalue weighted by molar-refractivity contribution is 7.98. The van der Waals surface area contributed by atoms with Gasteiger partial charge in [-0.25, -0.2) is 4.79 Å². The zero-order valence-electron chi connectivity index (χ0n) is 15.2. The number of aliphatic hydroxyl groups is 1. The summed E-state index contributed by atoms with van der Waals surface area (Å²) in [4.78, 5) is 46.7. The third-order valence-electron chi connectivity index (χ3n) is 3.50. The van der Waals surface area contributed by atoms with E-state index in [1.54, 1.807) is 13.8 Å². The van der Waals surface area contributed by atoms with Crippen LogP contribution < -0.4 is 21.7 Å². The van der Waals surface area contributed by atoms with E-state index in [0.717, 1.165) is 0 Å². The Kier molecular flexibility index (Phi) is 11.6. The fourth-order valence-corrected chi connectivity index (χ4v) is 2.27. The van der Waals surface area contributed by atoms with Crippen LogP contribution in [0.25, 0.3) is 0 Å². The number of nitrogens with one attached hydrogen (secondary N) is 3. The van der Waals surface area contributed by atoms with Crippen LogP contribution in [0.15, 0.2) is 0 Å². The van der Waals surface area contributed by atoms with E-state index < -0.39 is 55.0 Å². The highest BCUT2D eigenvalue weighted by Gasteiger charge is 2.25. The molecular formula is C15H28N4O6S. The molecule has 3 atom stereocenters. The molecule has 0 aliphatic rings. The van der Waals surface area contributed by atoms with Gasteiger partial charge in [0, 0.05) is 0 Å². The maximum Gasteiger partial charge on any atom is 0.326 e. The van der Waals surface area contributed by atoms with Crippen molar-refractivity contribution in [3.8, 4) is 0 Å². The highest BCUT2D eigenvalue weighted by atomic mass is 32.2. The largest absolute Gasteiger partial charge is 0.480 e. The number of carbonyl (C=O) groups excluding carboxylic acids is 3. The summed E-state index contributed by atoms with van der Waals surface area (Å²) in [5.41, 5.74) is 5.66. The second-order valence-corrected chi connectivity index (χ2v) is 6.96. The highest BCUT2D eigenvalue weighted by Crippen LogP contribution is 2.01. The van der Waals surface area contributed by atoms with Crippen LogP contribution in [0.5, 0.6) is 0 Å². The molecule has 0 aromatic heterocycles. The van der Waals surface area contributed by atoms with Gasteiger partial charge in [0.2, 0.25) is 17.7 Å². The summed E-state index contributed by atoms with van der Waals surface area (Å²) in [7, 11) is 0. The van der Waals surface area contributed by atoms with Crippen LogP contribution in [0.3, 0.4) is 0 Å². The fraction of sp³-hybridized carbons (Fsp3) is 0.733. The van der Waals surface area contributed by atoms with Crippen LogP contribution in [0.4, 0.5) is 0 Å². The first kappa shape index (κ1) is 24.1. The minimum atomic E-state index is -1.26. The van der Waals surface area contributed by atoms with E-state index in [1.165, 1.54) is 11.8 Å². The summed E-state index contributed by atoms with van der Waals surface area (Å²) in [6, 6.07) is -3.15. The summed E-state index contributed by atoms with van der Waals surface area (Å²) >= 11 is 1.45. The molecule has 3 unspecified atom stereocenters. The fourth-order valence-electron chi connectivity index (χ4n) is 1.79. The molecule has 0 aliphatic carbocycles. The van der Waals surface area contributed by atoms with Gasteiger partial charge in [-0.2, -0.15) is 11.8 Å². The number of carboxylic acid groups (broad SMARTS) is 1. The van der Waals surface area contributed by atoms with Crippen LogP contribution in [0.2, 0.25) is 0 Å². The number of rotatable bonds is 12. The smallest absolute Gasteiger partial charge is 0.326 e. The molecule has 0 radical (unpaired) electrons. The Morgan fingerprint density at radius 3 is 2.15 bits per heavy atom. The number of hydrogen-bond donors (Lipinski definition) is 6. The molecule has 0 aromatic rings. The van der Waals surface area contributed by atoms with E-state index in [4.69, 9.17) is 10.8 Å². The molecule has 11 heteroatoms. The van der Waals surface area contributed by atoms with Crippen LogP contribution in [0.1, 0.15) is 20.3 Å². The summed E-state index contributed by atoms with van der Waals surface area (Å²) in [5, 5.41) is 25.1. The average Bonchev–Trinajstić information content (AvgIpc) is 2.59. The monoisotopic (exact) mass is 392 g/mol. The summed E-state index contributed by atoms with van der Waals surface area (Å²) in [6.45, 7) is 2.32. The van der Waals surface area contributed by atoms with E-state index in [-0.39, 0.29) is 12.3 Å². The first-order valence-electron chi connectivity index (χ1n) is 8.09. The molecule has 150 valence electrons. The molecule has 0 aliphatic heterocycles. The van der Waals surface area contributed by atoms with Gasteiger partial charge in [0.05, 0.1) is 19.2 Å². The van der Waals surface area contributed by atoms with Crippen molar-refractivity contribution in [2.75, 3.05) is 25.2 Å². The lowest BCUT2D eigenvalue weighted by Gasteiger charge is -2.20. The Morgan fingerprint density at radius 1 is 1.08 bits per heavy atom. The molecule has 0 heterocycles. The molecule has 26 heavy (non-hydrogen) atoms. The standard InChI is InChI=1S/C15H28N4O6S/c1-8(2)12(16)14(23)19-10(7-20)13(22)17-6-11(21)18-9(15(24)25)4-5-26-3/h8-10,12,20H,4-7,16H2,1-3H3,(H,17,22)(H,18,21)(H,19,23)(H,24,25). The van der Waals surface area contributed by atoms with Crippen molar-refractivity contribution in [2.45, 2.75) is 38.4 Å². The maximum absolute atomic E-state index is 12.0. The first-order chi connectivity index (χ1) is 12.1. The van der Waals surface area contributed by atoms with E-state index in [1.807, 2.05) is 6.26 Å². The minimum absolute atomic E-state index is 0.155. The molecule has 0 bridgehead atoms. The van der Waals surface area contributed by atoms with Gasteiger partial charge in [0.1, 0.15) is 12.1 Å². The van der Waals surface area contributed by atoms with Crippen LogP contribution in [0, 0.1) is 5.92 Å². The second kappa shape index (κ2) is 12.5. The molecular weight excluding hydrogens is 364 g/mol. The number of carbonyl (C=O) groups is 4. The summed E-state index contributed by atoms with van der Waals surface area (Å²) in [5.74, 6) is -2.82. The van der Waals surface area contributed by atoms with E-state index in [0.29, 0.717) is 5.75 Å². The van der Waals surface area contributed by atoms with Crippen LogP contribution in [-0.4, -0.2) is 77.2 Å². The molecule has 0 saturated heterocycles. The molecule has 0 spiro atoms. The maximum atomic E-state index is 12.0. The van der Waals surface area contributed by atoms with Crippen molar-refractivity contribution in [3.63, 3.8) is 0 Å². The number of nitrogens with two attached hydrogens (primary N) is 1. The Morgan fingerprint density at radius 2 is 1.69 bits per heavy atom. The van der Waals surface area contributed by atoms with Gasteiger partial charge >= 0.3 is 5.97 Å². The molecule has 7 N–H and O–H groups in total. The van der Waals surface area contributed by atoms with Gasteiger partial charge in [0.25, 0.3) is 0 Å². The lowest BCUT2D eigenvalue weighted by atomic mass is 10.0. The van der Waals surface area contributed by atoms with E-state index >= 15 is 0 Å². The Bertz CT molecular complexity index is 503. The van der Waals surface area contributed by atoms with Crippen molar-refractivity contribution in [1.29, 1.82) is 0 Å². The molecule has 10 nitrogen and oxygen atoms in total. The average molecular weight is 392 g/mol. The zero-order chi connectivity index (χ0) is 20.3. The number of hydrogen-bond acceptors (Lipinski definition) is 7. The topological polar surface area (TPSA) is 171 Å². The van der Waals surface area contributed by atoms with Gasteiger partial charge in [-0.15, -0.1) is 0 Å². The molecule has 0 fully saturated rings. The van der Waals surface area contributed by atoms with Crippen molar-refractivity contribution in [3.05, 3.63) is 0 Å². The van der Waals surface area contributed by atoms with Crippen molar-refractivity contribution in [2.24, 2.45) is 11.7 Å². The SMILES string of the molecule is CSCCC(NC(=O)CNC(=O)C(CO)NC(=O)C(N)C(C)C)C(=O)O. The third kappa shape index (κ3) is 9.02. The van der Waals surface area contributed by atoms with Gasteiger partial charge in [-0.3, -0.25) is 14.4 Å². The van der Waals surface area contributed by atoms with Crippen LogP contribution >= 0.6 is 11.8 Å². The van der Waals surface area contributed by atoms with Crippen molar-refractivity contribution < 1.29 is 29.4 Å². The third-order valence-corrected chi connectivity index (χ3v) is 4.15. The molecule has 0 saturated carbocycles. The van der Waals surface area contributed by atoms with E-state index in [9.17, 15) is 24.3 Å². The second-order valence-electron chi connectivity index (χ2n) is 5.97. The predicted octanol–water partition coefficient (Wildman–Crippen LogP) is -2.11. The lowest BCUT2D eigenvalue weighted by molar-refractivity contribution is -0.141. The quantitative estimate of drug-likeness (QED) is 0.219. The number of aliphatic carboxylic acids is 1. The summed E-state index contributed by atoms with van der Waals surface area (Å²) in [6.07, 6.45) is 2.06. The van der Waals surface area contributed by atoms with Gasteiger partial charge in [-0.05, 0) is 24.3 Å². The Balaban J connectivity index is 4.52. The Hall–Kier alpha value is -1.85. The number of thioether (sulfide) groups is 1. The predicted molar refractivity (Wildman–Crippen MR) is 97.4 cm³/mol. The minimum Gasteiger partial charge on any atom is -0.480 e. The number of aliphatic hydroxyl groups excluding tert-OH is 1. The number of carboxylic acids is 1. The number of amides is 3. The van der Waals surface area contributed by atoms with Gasteiger partial charge in [-0.1, -0.05) is 13.8 Å².